The highest BCUT2D eigenvalue weighted by atomic mass is 16.3. The summed E-state index contributed by atoms with van der Waals surface area (Å²) in [6, 6.07) is -0.888. The molecule has 2 aliphatic rings. The van der Waals surface area contributed by atoms with E-state index < -0.39 is 24.3 Å². The third kappa shape index (κ3) is 5.82. The molecule has 0 bridgehead atoms. The number of carbonyl (C=O) groups excluding carboxylic acids is 1. The average molecular weight is 519 g/mol. The summed E-state index contributed by atoms with van der Waals surface area (Å²) >= 11 is 0. The van der Waals surface area contributed by atoms with Gasteiger partial charge in [-0.15, -0.1) is 0 Å². The molecule has 1 amide bonds. The highest BCUT2D eigenvalue weighted by molar-refractivity contribution is 5.84. The molecular weight excluding hydrogens is 476 g/mol. The van der Waals surface area contributed by atoms with E-state index in [0.717, 1.165) is 25.9 Å². The van der Waals surface area contributed by atoms with Crippen molar-refractivity contribution in [3.05, 3.63) is 6.33 Å². The van der Waals surface area contributed by atoms with Crippen LogP contribution in [0.4, 0.5) is 11.8 Å². The summed E-state index contributed by atoms with van der Waals surface area (Å²) in [5.74, 6) is 1.30. The van der Waals surface area contributed by atoms with Crippen LogP contribution in [0.5, 0.6) is 0 Å². The molecule has 1 aliphatic carbocycles. The zero-order valence-corrected chi connectivity index (χ0v) is 22.5. The minimum atomic E-state index is -1.10. The van der Waals surface area contributed by atoms with Gasteiger partial charge in [0, 0.05) is 25.6 Å². The van der Waals surface area contributed by atoms with Crippen LogP contribution in [0.3, 0.4) is 0 Å². The van der Waals surface area contributed by atoms with Crippen molar-refractivity contribution in [2.24, 2.45) is 5.92 Å². The molecule has 5 N–H and O–H groups in total. The summed E-state index contributed by atoms with van der Waals surface area (Å²) < 4.78 is 1.79. The molecule has 12 nitrogen and oxygen atoms in total. The monoisotopic (exact) mass is 518 g/mol. The van der Waals surface area contributed by atoms with E-state index in [1.54, 1.807) is 17.8 Å². The highest BCUT2D eigenvalue weighted by Crippen LogP contribution is 2.35. The number of amides is 1. The Bertz CT molecular complexity index is 1080. The van der Waals surface area contributed by atoms with Gasteiger partial charge in [0.15, 0.2) is 17.0 Å². The van der Waals surface area contributed by atoms with Gasteiger partial charge in [-0.05, 0) is 39.3 Å². The van der Waals surface area contributed by atoms with E-state index in [9.17, 15) is 20.1 Å². The van der Waals surface area contributed by atoms with Gasteiger partial charge in [0.1, 0.15) is 12.2 Å². The second kappa shape index (κ2) is 11.5. The van der Waals surface area contributed by atoms with Crippen LogP contribution >= 0.6 is 0 Å². The number of aliphatic hydroxyl groups is 3. The molecule has 0 aromatic carbocycles. The topological polar surface area (TPSA) is 152 Å². The second-order valence-corrected chi connectivity index (χ2v) is 11.0. The van der Waals surface area contributed by atoms with Gasteiger partial charge in [-0.1, -0.05) is 20.8 Å². The number of anilines is 2. The van der Waals surface area contributed by atoms with E-state index >= 15 is 0 Å². The molecule has 2 aromatic heterocycles. The van der Waals surface area contributed by atoms with Gasteiger partial charge in [0.2, 0.25) is 11.9 Å². The molecule has 206 valence electrons. The van der Waals surface area contributed by atoms with Crippen molar-refractivity contribution in [2.45, 2.75) is 82.8 Å². The van der Waals surface area contributed by atoms with Crippen molar-refractivity contribution in [3.63, 3.8) is 0 Å². The van der Waals surface area contributed by atoms with Crippen LogP contribution in [-0.2, 0) is 4.79 Å². The quantitative estimate of drug-likeness (QED) is 0.298. The van der Waals surface area contributed by atoms with E-state index in [-0.39, 0.29) is 18.6 Å². The molecule has 6 atom stereocenters. The SMILES string of the molecule is CCC(=O)N[C@H]1C[C@@H](n2cnc3c(N[C@H](CO)CC(C)C)nc(N4CC[C@@H](N(C)C)C4)nc32)[C@H](O)[C@@H]1O. The molecule has 0 spiro atoms. The number of nitrogens with one attached hydrogen (secondary N) is 2. The Hall–Kier alpha value is -2.54. The molecule has 1 saturated heterocycles. The number of aliphatic hydroxyl groups excluding tert-OH is 3. The Balaban J connectivity index is 1.72. The van der Waals surface area contributed by atoms with E-state index in [0.29, 0.717) is 47.7 Å². The maximum Gasteiger partial charge on any atom is 0.229 e. The highest BCUT2D eigenvalue weighted by Gasteiger charge is 2.44. The van der Waals surface area contributed by atoms with Crippen molar-refractivity contribution in [2.75, 3.05) is 44.0 Å². The summed E-state index contributed by atoms with van der Waals surface area (Å²) in [4.78, 5) is 30.6. The van der Waals surface area contributed by atoms with Gasteiger partial charge in [-0.2, -0.15) is 9.97 Å². The maximum absolute atomic E-state index is 12.0. The van der Waals surface area contributed by atoms with E-state index in [1.165, 1.54) is 0 Å². The van der Waals surface area contributed by atoms with Crippen molar-refractivity contribution < 1.29 is 20.1 Å². The number of imidazole rings is 1. The molecule has 1 saturated carbocycles. The normalized spacial score (nSPS) is 27.0. The lowest BCUT2D eigenvalue weighted by Gasteiger charge is -2.23. The number of nitrogens with zero attached hydrogens (tertiary/aromatic N) is 6. The third-order valence-electron chi connectivity index (χ3n) is 7.58. The first-order chi connectivity index (χ1) is 17.6. The van der Waals surface area contributed by atoms with Gasteiger partial charge < -0.3 is 40.3 Å². The van der Waals surface area contributed by atoms with E-state index in [2.05, 4.69) is 53.4 Å². The molecule has 2 fully saturated rings. The van der Waals surface area contributed by atoms with Gasteiger partial charge in [-0.3, -0.25) is 4.79 Å². The van der Waals surface area contributed by atoms with Gasteiger partial charge in [0.05, 0.1) is 31.1 Å². The fraction of sp³-hybridized carbons (Fsp3) is 0.760. The zero-order chi connectivity index (χ0) is 26.9. The Morgan fingerprint density at radius 2 is 2.00 bits per heavy atom. The van der Waals surface area contributed by atoms with Gasteiger partial charge in [-0.25, -0.2) is 4.98 Å². The predicted octanol–water partition coefficient (Wildman–Crippen LogP) is 0.347. The maximum atomic E-state index is 12.0. The Kier molecular flexibility index (Phi) is 8.52. The Morgan fingerprint density at radius 3 is 2.62 bits per heavy atom. The number of aromatic nitrogens is 4. The van der Waals surface area contributed by atoms with Crippen LogP contribution in [0.25, 0.3) is 11.2 Å². The lowest BCUT2D eigenvalue weighted by atomic mass is 10.0. The molecule has 1 aliphatic heterocycles. The number of hydrogen-bond donors (Lipinski definition) is 5. The number of rotatable bonds is 10. The first-order valence-electron chi connectivity index (χ1n) is 13.3. The summed E-state index contributed by atoms with van der Waals surface area (Å²) in [5, 5.41) is 37.8. The van der Waals surface area contributed by atoms with E-state index in [1.807, 2.05) is 0 Å². The molecule has 37 heavy (non-hydrogen) atoms. The minimum Gasteiger partial charge on any atom is -0.394 e. The first kappa shape index (κ1) is 27.5. The van der Waals surface area contributed by atoms with Gasteiger partial charge in [0.25, 0.3) is 0 Å². The lowest BCUT2D eigenvalue weighted by Crippen LogP contribution is -2.42. The van der Waals surface area contributed by atoms with Crippen LogP contribution in [-0.4, -0.2) is 110 Å². The van der Waals surface area contributed by atoms with Crippen LogP contribution < -0.4 is 15.5 Å². The smallest absolute Gasteiger partial charge is 0.229 e. The molecule has 0 unspecified atom stereocenters. The molecule has 3 heterocycles. The summed E-state index contributed by atoms with van der Waals surface area (Å²) in [5.41, 5.74) is 1.08. The number of fused-ring (bicyclic) bond motifs is 1. The molecular formula is C25H42N8O4. The zero-order valence-electron chi connectivity index (χ0n) is 22.5. The van der Waals surface area contributed by atoms with Crippen LogP contribution in [0.15, 0.2) is 6.33 Å². The number of likely N-dealkylation sites (N-methyl/N-ethyl adjacent to an activating group) is 1. The standard InChI is InChI=1S/C25H42N8O4/c1-6-19(35)28-17-10-18(22(37)21(17)36)33-13-26-20-23(27-15(12-34)9-14(2)3)29-25(30-24(20)33)32-8-7-16(11-32)31(4)5/h13-18,21-22,34,36-37H,6-12H2,1-5H3,(H,28,35)(H,27,29,30)/t15-,16+,17-,18+,21+,22-/m0/s1. The largest absolute Gasteiger partial charge is 0.394 e. The fourth-order valence-electron chi connectivity index (χ4n) is 5.41. The van der Waals surface area contributed by atoms with Crippen molar-refractivity contribution >= 4 is 28.8 Å². The number of carbonyl (C=O) groups is 1. The third-order valence-corrected chi connectivity index (χ3v) is 7.58. The van der Waals surface area contributed by atoms with Gasteiger partial charge >= 0.3 is 0 Å². The fourth-order valence-corrected chi connectivity index (χ4v) is 5.41. The summed E-state index contributed by atoms with van der Waals surface area (Å²) in [6.45, 7) is 7.51. The van der Waals surface area contributed by atoms with E-state index in [4.69, 9.17) is 9.97 Å². The lowest BCUT2D eigenvalue weighted by molar-refractivity contribution is -0.122. The van der Waals surface area contributed by atoms with Crippen molar-refractivity contribution in [1.82, 2.24) is 29.7 Å². The predicted molar refractivity (Wildman–Crippen MR) is 141 cm³/mol. The first-order valence-corrected chi connectivity index (χ1v) is 13.3. The van der Waals surface area contributed by atoms with Crippen LogP contribution in [0.1, 0.15) is 52.5 Å². The molecule has 12 heteroatoms. The minimum absolute atomic E-state index is 0.0432. The molecule has 2 aromatic rings. The number of hydrogen-bond acceptors (Lipinski definition) is 10. The van der Waals surface area contributed by atoms with Crippen LogP contribution in [0, 0.1) is 5.92 Å². The van der Waals surface area contributed by atoms with Crippen LogP contribution in [0.2, 0.25) is 0 Å². The summed E-state index contributed by atoms with van der Waals surface area (Å²) in [6.07, 6.45) is 1.83. The second-order valence-electron chi connectivity index (χ2n) is 11.0. The molecule has 0 radical (unpaired) electrons. The van der Waals surface area contributed by atoms with Crippen molar-refractivity contribution in [1.29, 1.82) is 0 Å². The molecule has 4 rings (SSSR count). The summed E-state index contributed by atoms with van der Waals surface area (Å²) in [7, 11) is 4.14. The Labute approximate surface area is 218 Å². The average Bonchev–Trinajstić information content (AvgIpc) is 3.58. The van der Waals surface area contributed by atoms with Crippen molar-refractivity contribution in [3.8, 4) is 0 Å². The Morgan fingerprint density at radius 1 is 1.24 bits per heavy atom.